The standard InChI is InChI=1S/C12H12ClO6P/c1-16-10-6-9-7(4-8(10)13)5-11(12(14)19-9)20(15,17-2)18-3/h4-6H,1-3H3. The quantitative estimate of drug-likeness (QED) is 0.637. The van der Waals surface area contributed by atoms with Gasteiger partial charge in [0.25, 0.3) is 0 Å². The molecule has 6 nitrogen and oxygen atoms in total. The number of hydrogen-bond donors (Lipinski definition) is 0. The molecule has 0 unspecified atom stereocenters. The van der Waals surface area contributed by atoms with Crippen molar-refractivity contribution in [3.8, 4) is 5.75 Å². The van der Waals surface area contributed by atoms with Crippen LogP contribution in [0.5, 0.6) is 5.75 Å². The van der Waals surface area contributed by atoms with Crippen molar-refractivity contribution >= 4 is 35.5 Å². The van der Waals surface area contributed by atoms with Gasteiger partial charge in [-0.15, -0.1) is 0 Å². The molecule has 0 spiro atoms. The fourth-order valence-electron chi connectivity index (χ4n) is 1.73. The van der Waals surface area contributed by atoms with Gasteiger partial charge in [0, 0.05) is 25.7 Å². The Hall–Kier alpha value is -1.33. The fourth-order valence-corrected chi connectivity index (χ4v) is 3.09. The van der Waals surface area contributed by atoms with Crippen LogP contribution < -0.4 is 15.7 Å². The first-order chi connectivity index (χ1) is 9.45. The Balaban J connectivity index is 2.76. The molecule has 8 heteroatoms. The summed E-state index contributed by atoms with van der Waals surface area (Å²) in [5.74, 6) is 0.372. The highest BCUT2D eigenvalue weighted by atomic mass is 35.5. The molecular formula is C12H12ClO6P. The van der Waals surface area contributed by atoms with Gasteiger partial charge in [0.1, 0.15) is 11.3 Å². The summed E-state index contributed by atoms with van der Waals surface area (Å²) < 4.78 is 32.0. The normalized spacial score (nSPS) is 11.8. The molecule has 20 heavy (non-hydrogen) atoms. The van der Waals surface area contributed by atoms with Crippen molar-refractivity contribution in [2.24, 2.45) is 0 Å². The molecule has 0 saturated heterocycles. The van der Waals surface area contributed by atoms with Crippen LogP contribution in [0.15, 0.2) is 27.4 Å². The predicted octanol–water partition coefficient (Wildman–Crippen LogP) is 2.57. The second-order valence-electron chi connectivity index (χ2n) is 3.81. The van der Waals surface area contributed by atoms with Crippen LogP contribution in [0.3, 0.4) is 0 Å². The third-order valence-corrected chi connectivity index (χ3v) is 4.92. The number of halogens is 1. The van der Waals surface area contributed by atoms with Crippen LogP contribution in [-0.4, -0.2) is 21.3 Å². The minimum absolute atomic E-state index is 0.184. The van der Waals surface area contributed by atoms with Crippen molar-refractivity contribution in [1.29, 1.82) is 0 Å². The summed E-state index contributed by atoms with van der Waals surface area (Å²) >= 11 is 6.00. The Labute approximate surface area is 119 Å². The van der Waals surface area contributed by atoms with E-state index in [2.05, 4.69) is 0 Å². The monoisotopic (exact) mass is 318 g/mol. The van der Waals surface area contributed by atoms with E-state index in [-0.39, 0.29) is 10.9 Å². The van der Waals surface area contributed by atoms with Gasteiger partial charge < -0.3 is 18.2 Å². The van der Waals surface area contributed by atoms with Gasteiger partial charge in [-0.2, -0.15) is 0 Å². The second kappa shape index (κ2) is 5.58. The molecule has 1 aromatic heterocycles. The Morgan fingerprint density at radius 3 is 2.35 bits per heavy atom. The molecule has 0 aliphatic carbocycles. The molecule has 2 rings (SSSR count). The Morgan fingerprint density at radius 2 is 1.80 bits per heavy atom. The molecule has 108 valence electrons. The number of methoxy groups -OCH3 is 1. The molecule has 2 aromatic rings. The first kappa shape index (κ1) is 15.1. The Kier molecular flexibility index (Phi) is 4.20. The third kappa shape index (κ3) is 2.47. The zero-order valence-corrected chi connectivity index (χ0v) is 12.7. The summed E-state index contributed by atoms with van der Waals surface area (Å²) in [5, 5.41) is 0.639. The molecule has 0 bridgehead atoms. The zero-order valence-electron chi connectivity index (χ0n) is 11.0. The molecule has 0 N–H and O–H groups in total. The van der Waals surface area contributed by atoms with Crippen LogP contribution in [0, 0.1) is 0 Å². The molecule has 0 amide bonds. The van der Waals surface area contributed by atoms with Gasteiger partial charge in [-0.05, 0) is 12.1 Å². The molecule has 1 heterocycles. The fraction of sp³-hybridized carbons (Fsp3) is 0.250. The highest BCUT2D eigenvalue weighted by Gasteiger charge is 2.29. The topological polar surface area (TPSA) is 75.0 Å². The summed E-state index contributed by atoms with van der Waals surface area (Å²) in [6, 6.07) is 4.39. The van der Waals surface area contributed by atoms with E-state index in [9.17, 15) is 9.36 Å². The van der Waals surface area contributed by atoms with Gasteiger partial charge in [0.05, 0.1) is 12.1 Å². The van der Waals surface area contributed by atoms with Crippen molar-refractivity contribution in [2.75, 3.05) is 21.3 Å². The van der Waals surface area contributed by atoms with Crippen LogP contribution in [0.25, 0.3) is 11.0 Å². The van der Waals surface area contributed by atoms with Crippen molar-refractivity contribution in [3.63, 3.8) is 0 Å². The van der Waals surface area contributed by atoms with Crippen LogP contribution in [0.1, 0.15) is 0 Å². The summed E-state index contributed by atoms with van der Waals surface area (Å²) in [7, 11) is 0.137. The number of fused-ring (bicyclic) bond motifs is 1. The van der Waals surface area contributed by atoms with Crippen LogP contribution in [-0.2, 0) is 13.6 Å². The largest absolute Gasteiger partial charge is 0.495 e. The van der Waals surface area contributed by atoms with E-state index in [0.29, 0.717) is 16.2 Å². The van der Waals surface area contributed by atoms with E-state index >= 15 is 0 Å². The number of benzene rings is 1. The SMILES string of the molecule is COc1cc2oc(=O)c(P(=O)(OC)OC)cc2cc1Cl. The molecular weight excluding hydrogens is 307 g/mol. The molecule has 0 aliphatic rings. The maximum Gasteiger partial charge on any atom is 0.368 e. The van der Waals surface area contributed by atoms with Crippen LogP contribution in [0.4, 0.5) is 0 Å². The van der Waals surface area contributed by atoms with E-state index in [1.54, 1.807) is 0 Å². The molecule has 0 radical (unpaired) electrons. The summed E-state index contributed by atoms with van der Waals surface area (Å²) in [6.07, 6.45) is 0. The Morgan fingerprint density at radius 1 is 1.15 bits per heavy atom. The number of rotatable bonds is 4. The number of ether oxygens (including phenoxy) is 1. The van der Waals surface area contributed by atoms with Gasteiger partial charge in [-0.3, -0.25) is 4.57 Å². The molecule has 0 aliphatic heterocycles. The summed E-state index contributed by atoms with van der Waals surface area (Å²) in [6.45, 7) is 0. The lowest BCUT2D eigenvalue weighted by molar-refractivity contribution is 0.286. The van der Waals surface area contributed by atoms with Gasteiger partial charge in [-0.25, -0.2) is 4.79 Å². The lowest BCUT2D eigenvalue weighted by atomic mass is 10.2. The highest BCUT2D eigenvalue weighted by Crippen LogP contribution is 2.44. The first-order valence-corrected chi connectivity index (χ1v) is 7.40. The van der Waals surface area contributed by atoms with Crippen molar-refractivity contribution in [1.82, 2.24) is 0 Å². The molecule has 0 saturated carbocycles. The van der Waals surface area contributed by atoms with Gasteiger partial charge >= 0.3 is 13.2 Å². The lowest BCUT2D eigenvalue weighted by Gasteiger charge is -2.13. The first-order valence-electron chi connectivity index (χ1n) is 5.48. The van der Waals surface area contributed by atoms with E-state index in [1.807, 2.05) is 0 Å². The summed E-state index contributed by atoms with van der Waals surface area (Å²) in [5.41, 5.74) is -0.535. The van der Waals surface area contributed by atoms with Gasteiger partial charge in [0.15, 0.2) is 5.30 Å². The predicted molar refractivity (Wildman–Crippen MR) is 75.3 cm³/mol. The minimum Gasteiger partial charge on any atom is -0.495 e. The maximum absolute atomic E-state index is 12.3. The minimum atomic E-state index is -3.69. The van der Waals surface area contributed by atoms with Crippen molar-refractivity contribution in [3.05, 3.63) is 33.6 Å². The van der Waals surface area contributed by atoms with Crippen LogP contribution >= 0.6 is 19.2 Å². The molecule has 1 aromatic carbocycles. The molecule has 0 atom stereocenters. The van der Waals surface area contributed by atoms with E-state index in [0.717, 1.165) is 0 Å². The van der Waals surface area contributed by atoms with Crippen LogP contribution in [0.2, 0.25) is 5.02 Å². The van der Waals surface area contributed by atoms with E-state index < -0.39 is 13.2 Å². The smallest absolute Gasteiger partial charge is 0.368 e. The van der Waals surface area contributed by atoms with Gasteiger partial charge in [-0.1, -0.05) is 11.6 Å². The van der Waals surface area contributed by atoms with E-state index in [1.165, 1.54) is 39.5 Å². The van der Waals surface area contributed by atoms with E-state index in [4.69, 9.17) is 29.8 Å². The second-order valence-corrected chi connectivity index (χ2v) is 6.42. The highest BCUT2D eigenvalue weighted by molar-refractivity contribution is 7.62. The van der Waals surface area contributed by atoms with Gasteiger partial charge in [0.2, 0.25) is 0 Å². The van der Waals surface area contributed by atoms with Crippen molar-refractivity contribution < 1.29 is 22.8 Å². The average Bonchev–Trinajstić information content (AvgIpc) is 2.45. The third-order valence-electron chi connectivity index (χ3n) is 2.76. The maximum atomic E-state index is 12.3. The summed E-state index contributed by atoms with van der Waals surface area (Å²) in [4.78, 5) is 11.9. The van der Waals surface area contributed by atoms with Crippen molar-refractivity contribution in [2.45, 2.75) is 0 Å². The lowest BCUT2D eigenvalue weighted by Crippen LogP contribution is -2.25. The average molecular weight is 319 g/mol. The molecule has 0 fully saturated rings. The number of hydrogen-bond acceptors (Lipinski definition) is 6. The zero-order chi connectivity index (χ0) is 14.9. The Bertz CT molecular complexity index is 745.